The fourth-order valence-electron chi connectivity index (χ4n) is 2.28. The maximum atomic E-state index is 12.0. The molecule has 0 aromatic heterocycles. The van der Waals surface area contributed by atoms with Gasteiger partial charge in [0.05, 0.1) is 6.04 Å². The van der Waals surface area contributed by atoms with Crippen LogP contribution < -0.4 is 5.32 Å². The molecule has 1 atom stereocenters. The molecule has 2 heteroatoms. The number of hydrogen-bond acceptors (Lipinski definition) is 1. The van der Waals surface area contributed by atoms with E-state index in [0.717, 1.165) is 12.8 Å². The summed E-state index contributed by atoms with van der Waals surface area (Å²) in [5, 5.41) is 3.11. The summed E-state index contributed by atoms with van der Waals surface area (Å²) < 4.78 is 0. The summed E-state index contributed by atoms with van der Waals surface area (Å²) in [5.41, 5.74) is 2.37. The van der Waals surface area contributed by atoms with Crippen LogP contribution in [-0.4, -0.2) is 5.91 Å². The van der Waals surface area contributed by atoms with Gasteiger partial charge < -0.3 is 5.32 Å². The lowest BCUT2D eigenvalue weighted by Crippen LogP contribution is -2.28. The second-order valence-corrected chi connectivity index (χ2v) is 4.92. The van der Waals surface area contributed by atoms with Crippen molar-refractivity contribution in [1.29, 1.82) is 0 Å². The largest absolute Gasteiger partial charge is 0.349 e. The van der Waals surface area contributed by atoms with Gasteiger partial charge >= 0.3 is 0 Å². The second kappa shape index (κ2) is 7.49. The van der Waals surface area contributed by atoms with Gasteiger partial charge in [-0.15, -0.1) is 0 Å². The third-order valence-corrected chi connectivity index (χ3v) is 3.43. The van der Waals surface area contributed by atoms with E-state index >= 15 is 0 Å². The van der Waals surface area contributed by atoms with Crippen LogP contribution in [0.15, 0.2) is 60.7 Å². The standard InChI is InChI=1S/C18H21NO/c1-2-17(16-11-7-4-8-12-16)19-18(20)14-13-15-9-5-3-6-10-15/h3-12,17H,2,13-14H2,1H3,(H,19,20)/t17-/m0/s1. The molecule has 0 bridgehead atoms. The van der Waals surface area contributed by atoms with Gasteiger partial charge in [0.15, 0.2) is 0 Å². The smallest absolute Gasteiger partial charge is 0.220 e. The van der Waals surface area contributed by atoms with Gasteiger partial charge in [-0.3, -0.25) is 4.79 Å². The molecule has 0 radical (unpaired) electrons. The number of carbonyl (C=O) groups excluding carboxylic acids is 1. The van der Waals surface area contributed by atoms with E-state index in [1.54, 1.807) is 0 Å². The minimum absolute atomic E-state index is 0.111. The molecular weight excluding hydrogens is 246 g/mol. The molecule has 2 aromatic rings. The molecule has 1 amide bonds. The molecule has 0 unspecified atom stereocenters. The molecule has 0 spiro atoms. The van der Waals surface area contributed by atoms with Crippen molar-refractivity contribution in [3.8, 4) is 0 Å². The molecule has 1 N–H and O–H groups in total. The van der Waals surface area contributed by atoms with Crippen LogP contribution in [0.1, 0.15) is 36.9 Å². The summed E-state index contributed by atoms with van der Waals surface area (Å²) >= 11 is 0. The summed E-state index contributed by atoms with van der Waals surface area (Å²) in [6, 6.07) is 20.4. The van der Waals surface area contributed by atoms with Crippen molar-refractivity contribution in [2.24, 2.45) is 0 Å². The van der Waals surface area contributed by atoms with Gasteiger partial charge in [-0.05, 0) is 24.0 Å². The number of nitrogens with one attached hydrogen (secondary N) is 1. The molecule has 0 aliphatic carbocycles. The molecule has 104 valence electrons. The Morgan fingerprint density at radius 1 is 1.00 bits per heavy atom. The molecular formula is C18H21NO. The van der Waals surface area contributed by atoms with E-state index in [0.29, 0.717) is 6.42 Å². The zero-order chi connectivity index (χ0) is 14.2. The van der Waals surface area contributed by atoms with Gasteiger partial charge in [-0.1, -0.05) is 67.6 Å². The SMILES string of the molecule is CC[C@H](NC(=O)CCc1ccccc1)c1ccccc1. The first-order valence-electron chi connectivity index (χ1n) is 7.18. The van der Waals surface area contributed by atoms with Gasteiger partial charge in [0, 0.05) is 6.42 Å². The van der Waals surface area contributed by atoms with Crippen molar-refractivity contribution in [3.05, 3.63) is 71.8 Å². The summed E-state index contributed by atoms with van der Waals surface area (Å²) in [7, 11) is 0. The van der Waals surface area contributed by atoms with Crippen LogP contribution in [0.5, 0.6) is 0 Å². The predicted octanol–water partition coefficient (Wildman–Crippen LogP) is 3.89. The molecule has 0 saturated heterocycles. The zero-order valence-electron chi connectivity index (χ0n) is 11.9. The fourth-order valence-corrected chi connectivity index (χ4v) is 2.28. The Kier molecular flexibility index (Phi) is 5.36. The monoisotopic (exact) mass is 267 g/mol. The molecule has 0 saturated carbocycles. The van der Waals surface area contributed by atoms with E-state index in [2.05, 4.69) is 36.5 Å². The molecule has 2 rings (SSSR count). The Morgan fingerprint density at radius 2 is 1.60 bits per heavy atom. The maximum absolute atomic E-state index is 12.0. The highest BCUT2D eigenvalue weighted by Gasteiger charge is 2.11. The minimum atomic E-state index is 0.111. The van der Waals surface area contributed by atoms with Gasteiger partial charge in [-0.25, -0.2) is 0 Å². The van der Waals surface area contributed by atoms with Crippen LogP contribution in [0.3, 0.4) is 0 Å². The molecule has 0 fully saturated rings. The molecule has 0 aliphatic heterocycles. The number of amides is 1. The predicted molar refractivity (Wildman–Crippen MR) is 82.4 cm³/mol. The van der Waals surface area contributed by atoms with Crippen LogP contribution in [0.25, 0.3) is 0 Å². The van der Waals surface area contributed by atoms with Crippen LogP contribution >= 0.6 is 0 Å². The van der Waals surface area contributed by atoms with Gasteiger partial charge in [0.25, 0.3) is 0 Å². The van der Waals surface area contributed by atoms with E-state index in [-0.39, 0.29) is 11.9 Å². The third kappa shape index (κ3) is 4.23. The lowest BCUT2D eigenvalue weighted by Gasteiger charge is -2.17. The first kappa shape index (κ1) is 14.3. The Labute approximate surface area is 120 Å². The van der Waals surface area contributed by atoms with Crippen molar-refractivity contribution in [2.45, 2.75) is 32.2 Å². The number of rotatable bonds is 6. The van der Waals surface area contributed by atoms with E-state index < -0.39 is 0 Å². The maximum Gasteiger partial charge on any atom is 0.220 e. The van der Waals surface area contributed by atoms with Crippen molar-refractivity contribution in [2.75, 3.05) is 0 Å². The van der Waals surface area contributed by atoms with Crippen LogP contribution in [0.2, 0.25) is 0 Å². The molecule has 20 heavy (non-hydrogen) atoms. The quantitative estimate of drug-likeness (QED) is 0.845. The zero-order valence-corrected chi connectivity index (χ0v) is 11.9. The lowest BCUT2D eigenvalue weighted by molar-refractivity contribution is -0.121. The fraction of sp³-hybridized carbons (Fsp3) is 0.278. The Morgan fingerprint density at radius 3 is 2.20 bits per heavy atom. The van der Waals surface area contributed by atoms with Gasteiger partial charge in [0.1, 0.15) is 0 Å². The van der Waals surface area contributed by atoms with Crippen LogP contribution in [0, 0.1) is 0 Å². The summed E-state index contributed by atoms with van der Waals surface area (Å²) in [4.78, 5) is 12.0. The molecule has 0 aliphatic rings. The van der Waals surface area contributed by atoms with Crippen LogP contribution in [-0.2, 0) is 11.2 Å². The first-order valence-corrected chi connectivity index (χ1v) is 7.18. The first-order chi connectivity index (χ1) is 9.79. The highest BCUT2D eigenvalue weighted by Crippen LogP contribution is 2.16. The molecule has 0 heterocycles. The van der Waals surface area contributed by atoms with Crippen molar-refractivity contribution in [3.63, 3.8) is 0 Å². The van der Waals surface area contributed by atoms with Gasteiger partial charge in [-0.2, -0.15) is 0 Å². The number of benzene rings is 2. The Balaban J connectivity index is 1.87. The molecule has 2 aromatic carbocycles. The third-order valence-electron chi connectivity index (χ3n) is 3.43. The summed E-state index contributed by atoms with van der Waals surface area (Å²) in [6.07, 6.45) is 2.23. The number of hydrogen-bond donors (Lipinski definition) is 1. The Hall–Kier alpha value is -2.09. The van der Waals surface area contributed by atoms with Crippen molar-refractivity contribution < 1.29 is 4.79 Å². The topological polar surface area (TPSA) is 29.1 Å². The highest BCUT2D eigenvalue weighted by atomic mass is 16.1. The average Bonchev–Trinajstić information content (AvgIpc) is 2.52. The Bertz CT molecular complexity index is 522. The molecule has 2 nitrogen and oxygen atoms in total. The lowest BCUT2D eigenvalue weighted by atomic mass is 10.0. The van der Waals surface area contributed by atoms with E-state index in [9.17, 15) is 4.79 Å². The van der Waals surface area contributed by atoms with E-state index in [4.69, 9.17) is 0 Å². The normalized spacial score (nSPS) is 11.8. The van der Waals surface area contributed by atoms with E-state index in [1.807, 2.05) is 36.4 Å². The minimum Gasteiger partial charge on any atom is -0.349 e. The number of aryl methyl sites for hydroxylation is 1. The van der Waals surface area contributed by atoms with E-state index in [1.165, 1.54) is 11.1 Å². The van der Waals surface area contributed by atoms with Crippen molar-refractivity contribution >= 4 is 5.91 Å². The summed E-state index contributed by atoms with van der Waals surface area (Å²) in [5.74, 6) is 0.115. The van der Waals surface area contributed by atoms with Crippen molar-refractivity contribution in [1.82, 2.24) is 5.32 Å². The average molecular weight is 267 g/mol. The second-order valence-electron chi connectivity index (χ2n) is 4.92. The van der Waals surface area contributed by atoms with Crippen LogP contribution in [0.4, 0.5) is 0 Å². The highest BCUT2D eigenvalue weighted by molar-refractivity contribution is 5.76. The summed E-state index contributed by atoms with van der Waals surface area (Å²) in [6.45, 7) is 2.09. The number of carbonyl (C=O) groups is 1. The van der Waals surface area contributed by atoms with Gasteiger partial charge in [0.2, 0.25) is 5.91 Å².